The molecule has 0 aliphatic carbocycles. The third kappa shape index (κ3) is 12.1. The first kappa shape index (κ1) is 24.9. The molecule has 1 aromatic rings. The van der Waals surface area contributed by atoms with E-state index in [0.29, 0.717) is 26.4 Å². The van der Waals surface area contributed by atoms with E-state index in [1.165, 1.54) is 0 Å². The number of hydrogen-bond acceptors (Lipinski definition) is 8. The Morgan fingerprint density at radius 3 is 2.34 bits per heavy atom. The van der Waals surface area contributed by atoms with Crippen molar-refractivity contribution in [3.8, 4) is 0 Å². The predicted molar refractivity (Wildman–Crippen MR) is 110 cm³/mol. The number of carbonyl (C=O) groups excluding carboxylic acids is 1. The predicted octanol–water partition coefficient (Wildman–Crippen LogP) is 0.497. The highest BCUT2D eigenvalue weighted by Crippen LogP contribution is 2.00. The van der Waals surface area contributed by atoms with E-state index in [9.17, 15) is 9.59 Å². The summed E-state index contributed by atoms with van der Waals surface area (Å²) in [6.07, 6.45) is 0. The number of hydrogen-bond donors (Lipinski definition) is 3. The van der Waals surface area contributed by atoms with E-state index in [1.807, 2.05) is 30.3 Å². The average Bonchev–Trinajstić information content (AvgIpc) is 2.70. The van der Waals surface area contributed by atoms with Gasteiger partial charge < -0.3 is 35.1 Å². The molecule has 162 valence electrons. The normalized spacial score (nSPS) is 12.8. The Hall–Kier alpha value is -2.11. The van der Waals surface area contributed by atoms with Gasteiger partial charge in [-0.05, 0) is 12.5 Å². The third-order valence-electron chi connectivity index (χ3n) is 3.51. The van der Waals surface area contributed by atoms with Crippen LogP contribution in [-0.4, -0.2) is 73.8 Å². The summed E-state index contributed by atoms with van der Waals surface area (Å²) < 4.78 is 20.8. The van der Waals surface area contributed by atoms with Crippen molar-refractivity contribution in [1.29, 1.82) is 0 Å². The topological polar surface area (TPSA) is 129 Å². The lowest BCUT2D eigenvalue weighted by Crippen LogP contribution is -2.48. The van der Waals surface area contributed by atoms with Crippen LogP contribution in [0.2, 0.25) is 0 Å². The molecule has 9 nitrogen and oxygen atoms in total. The first-order chi connectivity index (χ1) is 13.9. The van der Waals surface area contributed by atoms with Gasteiger partial charge in [-0.2, -0.15) is 0 Å². The molecule has 0 fully saturated rings. The van der Waals surface area contributed by atoms with Crippen LogP contribution < -0.4 is 11.1 Å². The molecule has 0 saturated carbocycles. The van der Waals surface area contributed by atoms with E-state index in [2.05, 4.69) is 5.32 Å². The Bertz CT molecular complexity index is 628. The Balaban J connectivity index is 2.02. The van der Waals surface area contributed by atoms with Crippen LogP contribution in [0, 0.1) is 0 Å². The summed E-state index contributed by atoms with van der Waals surface area (Å²) >= 11 is 4.93. The highest BCUT2D eigenvalue weighted by Gasteiger charge is 2.21. The molecular formula is C19H28N2O7S. The third-order valence-corrected chi connectivity index (χ3v) is 4.00. The van der Waals surface area contributed by atoms with Crippen molar-refractivity contribution < 1.29 is 33.6 Å². The molecule has 0 amide bonds. The maximum Gasteiger partial charge on any atom is 0.332 e. The molecule has 0 spiro atoms. The van der Waals surface area contributed by atoms with Crippen LogP contribution in [0.3, 0.4) is 0 Å². The maximum absolute atomic E-state index is 11.6. The SMILES string of the molecule is C[C@H](N)C(=S)N[C@@H](COC(=O)COCCOCCOCc1ccccc1)C(=O)O. The second-order valence-corrected chi connectivity index (χ2v) is 6.51. The molecule has 10 heteroatoms. The molecule has 0 aliphatic heterocycles. The highest BCUT2D eigenvalue weighted by molar-refractivity contribution is 7.80. The average molecular weight is 429 g/mol. The molecule has 0 unspecified atom stereocenters. The van der Waals surface area contributed by atoms with Gasteiger partial charge in [0.2, 0.25) is 0 Å². The van der Waals surface area contributed by atoms with Gasteiger partial charge in [-0.3, -0.25) is 0 Å². The van der Waals surface area contributed by atoms with Crippen molar-refractivity contribution in [1.82, 2.24) is 5.32 Å². The molecule has 0 radical (unpaired) electrons. The second kappa shape index (κ2) is 14.8. The lowest BCUT2D eigenvalue weighted by atomic mass is 10.2. The molecule has 0 aromatic heterocycles. The van der Waals surface area contributed by atoms with Crippen molar-refractivity contribution in [2.24, 2.45) is 5.73 Å². The summed E-state index contributed by atoms with van der Waals surface area (Å²) in [6, 6.07) is 8.13. The minimum Gasteiger partial charge on any atom is -0.480 e. The van der Waals surface area contributed by atoms with Gasteiger partial charge in [0.1, 0.15) is 13.2 Å². The summed E-state index contributed by atoms with van der Waals surface area (Å²) in [7, 11) is 0. The number of rotatable bonds is 15. The maximum atomic E-state index is 11.6. The van der Waals surface area contributed by atoms with Crippen LogP contribution in [0.4, 0.5) is 0 Å². The molecule has 2 atom stereocenters. The van der Waals surface area contributed by atoms with Crippen LogP contribution in [0.1, 0.15) is 12.5 Å². The molecule has 1 rings (SSSR count). The number of esters is 1. The number of ether oxygens (including phenoxy) is 4. The Morgan fingerprint density at radius 1 is 1.10 bits per heavy atom. The second-order valence-electron chi connectivity index (χ2n) is 6.07. The summed E-state index contributed by atoms with van der Waals surface area (Å²) in [5.74, 6) is -1.89. The number of nitrogens with one attached hydrogen (secondary N) is 1. The molecule has 0 aliphatic rings. The molecule has 1 aromatic carbocycles. The number of thiocarbonyl (C=S) groups is 1. The van der Waals surface area contributed by atoms with Crippen LogP contribution >= 0.6 is 12.2 Å². The summed E-state index contributed by atoms with van der Waals surface area (Å²) in [5.41, 5.74) is 6.65. The molecule has 0 bridgehead atoms. The van der Waals surface area contributed by atoms with E-state index < -0.39 is 24.0 Å². The van der Waals surface area contributed by atoms with E-state index in [-0.39, 0.29) is 24.8 Å². The minimum absolute atomic E-state index is 0.176. The number of carbonyl (C=O) groups is 2. The van der Waals surface area contributed by atoms with Crippen LogP contribution in [0.15, 0.2) is 30.3 Å². The smallest absolute Gasteiger partial charge is 0.332 e. The summed E-state index contributed by atoms with van der Waals surface area (Å²) in [4.78, 5) is 22.9. The van der Waals surface area contributed by atoms with Crippen molar-refractivity contribution in [2.45, 2.75) is 25.6 Å². The number of carboxylic acid groups (broad SMARTS) is 1. The first-order valence-electron chi connectivity index (χ1n) is 9.11. The van der Waals surface area contributed by atoms with E-state index >= 15 is 0 Å². The van der Waals surface area contributed by atoms with Gasteiger partial charge in [-0.25, -0.2) is 9.59 Å². The fraction of sp³-hybridized carbons (Fsp3) is 0.526. The number of nitrogens with two attached hydrogens (primary N) is 1. The Kier molecular flexibility index (Phi) is 12.7. The lowest BCUT2D eigenvalue weighted by molar-refractivity contribution is -0.152. The fourth-order valence-corrected chi connectivity index (χ4v) is 2.10. The Morgan fingerprint density at radius 2 is 1.72 bits per heavy atom. The minimum atomic E-state index is -1.20. The molecule has 4 N–H and O–H groups in total. The summed E-state index contributed by atoms with van der Waals surface area (Å²) in [5, 5.41) is 11.6. The standard InChI is InChI=1S/C19H28N2O7S/c1-14(20)18(29)21-16(19(23)24)12-28-17(22)13-27-10-8-25-7-9-26-11-15-5-3-2-4-6-15/h2-6,14,16H,7-13,20H2,1H3,(H,21,29)(H,23,24)/t14-,16-/m0/s1. The van der Waals surface area contributed by atoms with Gasteiger partial charge in [0.05, 0.1) is 44.1 Å². The van der Waals surface area contributed by atoms with Gasteiger partial charge in [-0.1, -0.05) is 42.5 Å². The zero-order valence-electron chi connectivity index (χ0n) is 16.4. The highest BCUT2D eigenvalue weighted by atomic mass is 32.1. The van der Waals surface area contributed by atoms with Crippen LogP contribution in [0.25, 0.3) is 0 Å². The molecule has 0 heterocycles. The number of aliphatic carboxylic acids is 1. The van der Waals surface area contributed by atoms with Crippen molar-refractivity contribution in [3.63, 3.8) is 0 Å². The molecular weight excluding hydrogens is 400 g/mol. The van der Waals surface area contributed by atoms with Gasteiger partial charge in [0.25, 0.3) is 0 Å². The number of carboxylic acids is 1. The number of benzene rings is 1. The molecule has 0 saturated heterocycles. The van der Waals surface area contributed by atoms with Crippen LogP contribution in [0.5, 0.6) is 0 Å². The fourth-order valence-electron chi connectivity index (χ4n) is 1.95. The van der Waals surface area contributed by atoms with Gasteiger partial charge in [-0.15, -0.1) is 0 Å². The van der Waals surface area contributed by atoms with Crippen LogP contribution in [-0.2, 0) is 35.1 Å². The van der Waals surface area contributed by atoms with E-state index in [4.69, 9.17) is 42.0 Å². The zero-order chi connectivity index (χ0) is 21.5. The summed E-state index contributed by atoms with van der Waals surface area (Å²) in [6.45, 7) is 2.79. The van der Waals surface area contributed by atoms with Crippen molar-refractivity contribution in [3.05, 3.63) is 35.9 Å². The first-order valence-corrected chi connectivity index (χ1v) is 9.52. The van der Waals surface area contributed by atoms with E-state index in [0.717, 1.165) is 5.56 Å². The quantitative estimate of drug-likeness (QED) is 0.206. The lowest BCUT2D eigenvalue weighted by Gasteiger charge is -2.18. The Labute approximate surface area is 175 Å². The van der Waals surface area contributed by atoms with Crippen molar-refractivity contribution >= 4 is 29.1 Å². The van der Waals surface area contributed by atoms with Gasteiger partial charge in [0, 0.05) is 0 Å². The van der Waals surface area contributed by atoms with Crippen molar-refractivity contribution in [2.75, 3.05) is 39.6 Å². The largest absolute Gasteiger partial charge is 0.480 e. The molecule has 29 heavy (non-hydrogen) atoms. The zero-order valence-corrected chi connectivity index (χ0v) is 17.2. The van der Waals surface area contributed by atoms with E-state index in [1.54, 1.807) is 6.92 Å². The van der Waals surface area contributed by atoms with Gasteiger partial charge >= 0.3 is 11.9 Å². The monoisotopic (exact) mass is 428 g/mol. The van der Waals surface area contributed by atoms with Gasteiger partial charge in [0.15, 0.2) is 6.04 Å².